The predicted octanol–water partition coefficient (Wildman–Crippen LogP) is 1.57. The fourth-order valence-electron chi connectivity index (χ4n) is 3.54. The van der Waals surface area contributed by atoms with Crippen LogP contribution in [0.3, 0.4) is 0 Å². The lowest BCUT2D eigenvalue weighted by molar-refractivity contribution is 0.278. The molecule has 118 valence electrons. The summed E-state index contributed by atoms with van der Waals surface area (Å²) in [5.74, 6) is 2.00. The van der Waals surface area contributed by atoms with Crippen molar-refractivity contribution in [2.75, 3.05) is 19.7 Å². The van der Waals surface area contributed by atoms with Crippen molar-refractivity contribution in [1.29, 1.82) is 0 Å². The first-order valence-electron chi connectivity index (χ1n) is 7.68. The number of rotatable bonds is 0. The summed E-state index contributed by atoms with van der Waals surface area (Å²) in [5, 5.41) is 4.25. The van der Waals surface area contributed by atoms with Gasteiger partial charge in [0.05, 0.1) is 29.5 Å². The molecule has 0 N–H and O–H groups in total. The Morgan fingerprint density at radius 1 is 1.22 bits per heavy atom. The summed E-state index contributed by atoms with van der Waals surface area (Å²) in [7, 11) is 0. The van der Waals surface area contributed by atoms with Crippen LogP contribution in [0.15, 0.2) is 45.1 Å². The van der Waals surface area contributed by atoms with Gasteiger partial charge in [0.15, 0.2) is 0 Å². The normalized spacial score (nSPS) is 22.7. The molecule has 0 saturated heterocycles. The Kier molecular flexibility index (Phi) is 2.88. The number of ether oxygens (including phenoxy) is 1. The lowest BCUT2D eigenvalue weighted by Gasteiger charge is -2.37. The van der Waals surface area contributed by atoms with E-state index < -0.39 is 0 Å². The Bertz CT molecular complexity index is 805. The van der Waals surface area contributed by atoms with Crippen LogP contribution in [0.2, 0.25) is 0 Å². The molecule has 0 aromatic carbocycles. The fourth-order valence-corrected chi connectivity index (χ4v) is 3.96. The molecule has 0 spiro atoms. The van der Waals surface area contributed by atoms with Crippen molar-refractivity contribution < 1.29 is 4.74 Å². The molecule has 4 aliphatic rings. The van der Waals surface area contributed by atoms with E-state index in [9.17, 15) is 0 Å². The van der Waals surface area contributed by atoms with Crippen LogP contribution in [-0.2, 0) is 17.8 Å². The molecule has 1 aromatic heterocycles. The van der Waals surface area contributed by atoms with Crippen LogP contribution in [0.25, 0.3) is 0 Å². The van der Waals surface area contributed by atoms with Gasteiger partial charge in [0.2, 0.25) is 5.96 Å². The molecule has 0 amide bonds. The van der Waals surface area contributed by atoms with Gasteiger partial charge in [-0.1, -0.05) is 0 Å². The number of guanidine groups is 1. The minimum absolute atomic E-state index is 0.653. The minimum atomic E-state index is 0.653. The van der Waals surface area contributed by atoms with Crippen molar-refractivity contribution in [3.05, 3.63) is 45.9 Å². The first-order chi connectivity index (χ1) is 11.3. The molecule has 23 heavy (non-hydrogen) atoms. The molecule has 5 heterocycles. The molecule has 1 aromatic rings. The highest BCUT2D eigenvalue weighted by molar-refractivity contribution is 9.12. The van der Waals surface area contributed by atoms with E-state index in [0.717, 1.165) is 54.4 Å². The van der Waals surface area contributed by atoms with Crippen LogP contribution in [0.1, 0.15) is 12.2 Å². The molecule has 0 atom stereocenters. The molecule has 0 fully saturated rings. The van der Waals surface area contributed by atoms with E-state index in [1.165, 1.54) is 11.3 Å². The maximum Gasteiger partial charge on any atom is 0.206 e. The van der Waals surface area contributed by atoms with Crippen molar-refractivity contribution in [3.8, 4) is 0 Å². The van der Waals surface area contributed by atoms with E-state index in [4.69, 9.17) is 9.73 Å². The SMILES string of the molecule is BrC1=COCC2=C3C1=CN=C(N1CCn4ncnc4C1)N3CC2. The predicted molar refractivity (Wildman–Crippen MR) is 87.3 cm³/mol. The Morgan fingerprint density at radius 2 is 2.17 bits per heavy atom. The summed E-state index contributed by atoms with van der Waals surface area (Å²) < 4.78 is 8.55. The number of hydrogen-bond donors (Lipinski definition) is 0. The fraction of sp³-hybridized carbons (Fsp3) is 0.400. The average Bonchev–Trinajstić information content (AvgIpc) is 3.16. The van der Waals surface area contributed by atoms with E-state index >= 15 is 0 Å². The quantitative estimate of drug-likeness (QED) is 0.689. The lowest BCUT2D eigenvalue weighted by atomic mass is 10.1. The number of allylic oxidation sites excluding steroid dienone is 1. The summed E-state index contributed by atoms with van der Waals surface area (Å²) in [6.45, 7) is 4.09. The maximum absolute atomic E-state index is 5.63. The molecule has 8 heteroatoms. The van der Waals surface area contributed by atoms with Gasteiger partial charge in [0.25, 0.3) is 0 Å². The molecular weight excluding hydrogens is 360 g/mol. The molecule has 0 radical (unpaired) electrons. The minimum Gasteiger partial charge on any atom is -0.496 e. The van der Waals surface area contributed by atoms with Crippen molar-refractivity contribution >= 4 is 21.9 Å². The molecule has 0 aliphatic carbocycles. The first kappa shape index (κ1) is 13.4. The summed E-state index contributed by atoms with van der Waals surface area (Å²) in [6.07, 6.45) is 6.36. The number of nitrogens with zero attached hydrogens (tertiary/aromatic N) is 6. The van der Waals surface area contributed by atoms with E-state index in [1.54, 1.807) is 12.6 Å². The largest absolute Gasteiger partial charge is 0.496 e. The van der Waals surface area contributed by atoms with Gasteiger partial charge in [-0.3, -0.25) is 0 Å². The Morgan fingerprint density at radius 3 is 3.13 bits per heavy atom. The molecule has 0 saturated carbocycles. The maximum atomic E-state index is 5.63. The first-order valence-corrected chi connectivity index (χ1v) is 8.48. The van der Waals surface area contributed by atoms with E-state index in [0.29, 0.717) is 6.61 Å². The zero-order valence-electron chi connectivity index (χ0n) is 12.4. The Hall–Kier alpha value is -2.09. The molecule has 4 aliphatic heterocycles. The van der Waals surface area contributed by atoms with Gasteiger partial charge in [-0.05, 0) is 27.9 Å². The highest BCUT2D eigenvalue weighted by Gasteiger charge is 2.36. The van der Waals surface area contributed by atoms with Crippen LogP contribution in [-0.4, -0.2) is 50.2 Å². The third kappa shape index (κ3) is 1.97. The molecule has 5 rings (SSSR count). The number of fused-ring (bicyclic) bond motifs is 1. The molecular formula is C15H15BrN6O. The highest BCUT2D eigenvalue weighted by Crippen LogP contribution is 2.39. The Labute approximate surface area is 141 Å². The number of aromatic nitrogens is 3. The second-order valence-corrected chi connectivity index (χ2v) is 6.78. The van der Waals surface area contributed by atoms with Crippen LogP contribution < -0.4 is 0 Å². The summed E-state index contributed by atoms with van der Waals surface area (Å²) in [6, 6.07) is 0. The molecule has 0 bridgehead atoms. The van der Waals surface area contributed by atoms with E-state index in [2.05, 4.69) is 35.8 Å². The Balaban J connectivity index is 1.54. The third-order valence-corrected chi connectivity index (χ3v) is 5.26. The van der Waals surface area contributed by atoms with Gasteiger partial charge >= 0.3 is 0 Å². The lowest BCUT2D eigenvalue weighted by Crippen LogP contribution is -2.47. The van der Waals surface area contributed by atoms with Crippen LogP contribution in [0.5, 0.6) is 0 Å². The van der Waals surface area contributed by atoms with Gasteiger partial charge in [0.1, 0.15) is 18.8 Å². The molecule has 0 unspecified atom stereocenters. The smallest absolute Gasteiger partial charge is 0.206 e. The van der Waals surface area contributed by atoms with Crippen molar-refractivity contribution in [1.82, 2.24) is 24.6 Å². The topological polar surface area (TPSA) is 58.8 Å². The van der Waals surface area contributed by atoms with Gasteiger partial charge < -0.3 is 14.5 Å². The zero-order chi connectivity index (χ0) is 15.4. The van der Waals surface area contributed by atoms with Crippen molar-refractivity contribution in [2.24, 2.45) is 4.99 Å². The summed E-state index contributed by atoms with van der Waals surface area (Å²) in [5.41, 5.74) is 3.70. The molecule has 7 nitrogen and oxygen atoms in total. The zero-order valence-corrected chi connectivity index (χ0v) is 14.0. The van der Waals surface area contributed by atoms with Gasteiger partial charge in [-0.15, -0.1) is 0 Å². The van der Waals surface area contributed by atoms with Gasteiger partial charge in [0, 0.05) is 24.9 Å². The standard InChI is InChI=1S/C15H15BrN6O/c16-12-8-23-7-10-1-2-21-14(10)11(12)5-17-15(21)20-3-4-22-13(6-20)18-9-19-22/h5,8-9H,1-4,6-7H2. The van der Waals surface area contributed by atoms with Gasteiger partial charge in [-0.2, -0.15) is 5.10 Å². The monoisotopic (exact) mass is 374 g/mol. The summed E-state index contributed by atoms with van der Waals surface area (Å²) >= 11 is 3.60. The second kappa shape index (κ2) is 4.95. The summed E-state index contributed by atoms with van der Waals surface area (Å²) in [4.78, 5) is 13.7. The van der Waals surface area contributed by atoms with E-state index in [-0.39, 0.29) is 0 Å². The van der Waals surface area contributed by atoms with Crippen molar-refractivity contribution in [3.63, 3.8) is 0 Å². The average molecular weight is 375 g/mol. The van der Waals surface area contributed by atoms with Crippen LogP contribution in [0.4, 0.5) is 0 Å². The third-order valence-electron chi connectivity index (χ3n) is 4.64. The number of halogens is 1. The highest BCUT2D eigenvalue weighted by atomic mass is 79.9. The van der Waals surface area contributed by atoms with Gasteiger partial charge in [-0.25, -0.2) is 14.7 Å². The second-order valence-electron chi connectivity index (χ2n) is 5.92. The van der Waals surface area contributed by atoms with Crippen molar-refractivity contribution in [2.45, 2.75) is 19.5 Å². The number of aliphatic imine (C=N–C) groups is 1. The van der Waals surface area contributed by atoms with Crippen LogP contribution in [0, 0.1) is 0 Å². The van der Waals surface area contributed by atoms with Crippen LogP contribution >= 0.6 is 15.9 Å². The number of hydrogen-bond acceptors (Lipinski definition) is 6. The van der Waals surface area contributed by atoms with E-state index in [1.807, 2.05) is 10.9 Å².